The summed E-state index contributed by atoms with van der Waals surface area (Å²) in [6, 6.07) is 6.87. The van der Waals surface area contributed by atoms with E-state index in [2.05, 4.69) is 30.1 Å². The van der Waals surface area contributed by atoms with Gasteiger partial charge in [0.05, 0.1) is 6.10 Å². The van der Waals surface area contributed by atoms with Crippen molar-refractivity contribution in [1.82, 2.24) is 4.90 Å². The van der Waals surface area contributed by atoms with Gasteiger partial charge in [-0.2, -0.15) is 0 Å². The molecule has 1 aliphatic carbocycles. The second-order valence-electron chi connectivity index (χ2n) is 5.74. The number of benzene rings is 1. The van der Waals surface area contributed by atoms with Crippen LogP contribution in [-0.4, -0.2) is 36.2 Å². The van der Waals surface area contributed by atoms with Crippen molar-refractivity contribution < 1.29 is 5.11 Å². The summed E-state index contributed by atoms with van der Waals surface area (Å²) in [6.07, 6.45) is 5.48. The number of aryl methyl sites for hydroxylation is 2. The Kier molecular flexibility index (Phi) is 5.37. The molecule has 1 aliphatic rings. The first kappa shape index (κ1) is 14.5. The van der Waals surface area contributed by atoms with Crippen molar-refractivity contribution >= 4 is 0 Å². The number of hydrogen-bond acceptors (Lipinski definition) is 3. The highest BCUT2D eigenvalue weighted by Crippen LogP contribution is 2.22. The van der Waals surface area contributed by atoms with Gasteiger partial charge in [0, 0.05) is 13.1 Å². The zero-order valence-electron chi connectivity index (χ0n) is 11.9. The van der Waals surface area contributed by atoms with Crippen LogP contribution in [0.1, 0.15) is 36.0 Å². The van der Waals surface area contributed by atoms with Crippen LogP contribution in [0.3, 0.4) is 0 Å². The van der Waals surface area contributed by atoms with Crippen molar-refractivity contribution in [2.45, 2.75) is 44.8 Å². The summed E-state index contributed by atoms with van der Waals surface area (Å²) in [5.74, 6) is 0. The maximum Gasteiger partial charge on any atom is 0.0679 e. The van der Waals surface area contributed by atoms with E-state index in [1.165, 1.54) is 42.4 Å². The molecule has 0 saturated carbocycles. The van der Waals surface area contributed by atoms with Gasteiger partial charge in [-0.05, 0) is 62.4 Å². The molecule has 0 amide bonds. The second kappa shape index (κ2) is 7.04. The van der Waals surface area contributed by atoms with Crippen LogP contribution in [0.2, 0.25) is 0 Å². The standard InChI is InChI=1S/C16H26N2O/c1-18(12-16(19)8-9-17)11-13-6-7-14-4-2-3-5-15(14)10-13/h6-7,10,16,19H,2-5,8-9,11-12,17H2,1H3. The quantitative estimate of drug-likeness (QED) is 0.820. The molecule has 3 nitrogen and oxygen atoms in total. The largest absolute Gasteiger partial charge is 0.392 e. The SMILES string of the molecule is CN(Cc1ccc2c(c1)CCCC2)CC(O)CCN. The molecule has 0 heterocycles. The Morgan fingerprint density at radius 1 is 1.26 bits per heavy atom. The van der Waals surface area contributed by atoms with Gasteiger partial charge in [0.15, 0.2) is 0 Å². The summed E-state index contributed by atoms with van der Waals surface area (Å²) in [5.41, 5.74) is 9.86. The Morgan fingerprint density at radius 2 is 2.00 bits per heavy atom. The molecule has 2 rings (SSSR count). The molecule has 19 heavy (non-hydrogen) atoms. The lowest BCUT2D eigenvalue weighted by Gasteiger charge is -2.22. The first-order valence-electron chi connectivity index (χ1n) is 7.36. The highest BCUT2D eigenvalue weighted by molar-refractivity contribution is 5.33. The van der Waals surface area contributed by atoms with Crippen LogP contribution >= 0.6 is 0 Å². The molecular weight excluding hydrogens is 236 g/mol. The van der Waals surface area contributed by atoms with Gasteiger partial charge in [-0.3, -0.25) is 4.90 Å². The highest BCUT2D eigenvalue weighted by atomic mass is 16.3. The van der Waals surface area contributed by atoms with Crippen LogP contribution in [0, 0.1) is 0 Å². The number of aliphatic hydroxyl groups is 1. The van der Waals surface area contributed by atoms with Crippen LogP contribution in [-0.2, 0) is 19.4 Å². The van der Waals surface area contributed by atoms with Gasteiger partial charge in [0.2, 0.25) is 0 Å². The number of fused-ring (bicyclic) bond motifs is 1. The first-order chi connectivity index (χ1) is 9.19. The fourth-order valence-electron chi connectivity index (χ4n) is 2.90. The number of nitrogens with two attached hydrogens (primary N) is 1. The molecule has 1 unspecified atom stereocenters. The predicted molar refractivity (Wildman–Crippen MR) is 79.1 cm³/mol. The average Bonchev–Trinajstić information content (AvgIpc) is 2.38. The first-order valence-corrected chi connectivity index (χ1v) is 7.36. The maximum atomic E-state index is 9.77. The van der Waals surface area contributed by atoms with Gasteiger partial charge in [-0.25, -0.2) is 0 Å². The van der Waals surface area contributed by atoms with Crippen molar-refractivity contribution in [3.8, 4) is 0 Å². The van der Waals surface area contributed by atoms with E-state index in [1.54, 1.807) is 0 Å². The second-order valence-corrected chi connectivity index (χ2v) is 5.74. The Labute approximate surface area is 116 Å². The normalized spacial score (nSPS) is 16.4. The van der Waals surface area contributed by atoms with Gasteiger partial charge < -0.3 is 10.8 Å². The van der Waals surface area contributed by atoms with E-state index < -0.39 is 0 Å². The minimum atomic E-state index is -0.312. The molecule has 1 aromatic carbocycles. The Morgan fingerprint density at radius 3 is 2.74 bits per heavy atom. The molecule has 106 valence electrons. The molecule has 3 N–H and O–H groups in total. The lowest BCUT2D eigenvalue weighted by atomic mass is 9.90. The third-order valence-electron chi connectivity index (χ3n) is 3.89. The topological polar surface area (TPSA) is 49.5 Å². The highest BCUT2D eigenvalue weighted by Gasteiger charge is 2.11. The summed E-state index contributed by atoms with van der Waals surface area (Å²) >= 11 is 0. The van der Waals surface area contributed by atoms with Crippen molar-refractivity contribution in [3.63, 3.8) is 0 Å². The number of nitrogens with zero attached hydrogens (tertiary/aromatic N) is 1. The van der Waals surface area contributed by atoms with Gasteiger partial charge in [-0.15, -0.1) is 0 Å². The molecule has 0 bridgehead atoms. The van der Waals surface area contributed by atoms with Gasteiger partial charge in [0.25, 0.3) is 0 Å². The third kappa shape index (κ3) is 4.30. The van der Waals surface area contributed by atoms with Crippen molar-refractivity contribution in [2.75, 3.05) is 20.1 Å². The predicted octanol–water partition coefficient (Wildman–Crippen LogP) is 1.71. The van der Waals surface area contributed by atoms with E-state index >= 15 is 0 Å². The maximum absolute atomic E-state index is 9.77. The number of hydrogen-bond donors (Lipinski definition) is 2. The Hall–Kier alpha value is -0.900. The van der Waals surface area contributed by atoms with Crippen LogP contribution in [0.15, 0.2) is 18.2 Å². The molecule has 0 aromatic heterocycles. The number of rotatable bonds is 6. The zero-order chi connectivity index (χ0) is 13.7. The monoisotopic (exact) mass is 262 g/mol. The minimum absolute atomic E-state index is 0.312. The summed E-state index contributed by atoms with van der Waals surface area (Å²) in [5, 5.41) is 9.77. The Balaban J connectivity index is 1.91. The van der Waals surface area contributed by atoms with Crippen molar-refractivity contribution in [2.24, 2.45) is 5.73 Å². The Bertz CT molecular complexity index is 406. The summed E-state index contributed by atoms with van der Waals surface area (Å²) < 4.78 is 0. The molecule has 0 radical (unpaired) electrons. The summed E-state index contributed by atoms with van der Waals surface area (Å²) in [4.78, 5) is 2.17. The molecule has 3 heteroatoms. The van der Waals surface area contributed by atoms with E-state index in [0.29, 0.717) is 19.5 Å². The van der Waals surface area contributed by atoms with E-state index in [9.17, 15) is 5.11 Å². The van der Waals surface area contributed by atoms with Gasteiger partial charge in [0.1, 0.15) is 0 Å². The van der Waals surface area contributed by atoms with E-state index in [4.69, 9.17) is 5.73 Å². The van der Waals surface area contributed by atoms with E-state index in [0.717, 1.165) is 6.54 Å². The number of aliphatic hydroxyl groups excluding tert-OH is 1. The fraction of sp³-hybridized carbons (Fsp3) is 0.625. The third-order valence-corrected chi connectivity index (χ3v) is 3.89. The average molecular weight is 262 g/mol. The van der Waals surface area contributed by atoms with Gasteiger partial charge >= 0.3 is 0 Å². The van der Waals surface area contributed by atoms with E-state index in [-0.39, 0.29) is 6.10 Å². The molecule has 0 spiro atoms. The van der Waals surface area contributed by atoms with E-state index in [1.807, 2.05) is 0 Å². The summed E-state index contributed by atoms with van der Waals surface area (Å²) in [6.45, 7) is 2.14. The fourth-order valence-corrected chi connectivity index (χ4v) is 2.90. The minimum Gasteiger partial charge on any atom is -0.392 e. The van der Waals surface area contributed by atoms with Crippen LogP contribution < -0.4 is 5.73 Å². The smallest absolute Gasteiger partial charge is 0.0679 e. The molecule has 0 fully saturated rings. The number of likely N-dealkylation sites (N-methyl/N-ethyl adjacent to an activating group) is 1. The van der Waals surface area contributed by atoms with Crippen LogP contribution in [0.4, 0.5) is 0 Å². The molecule has 0 aliphatic heterocycles. The van der Waals surface area contributed by atoms with Crippen molar-refractivity contribution in [3.05, 3.63) is 34.9 Å². The molecule has 1 atom stereocenters. The lowest BCUT2D eigenvalue weighted by molar-refractivity contribution is 0.117. The molecule has 0 saturated heterocycles. The zero-order valence-corrected chi connectivity index (χ0v) is 11.9. The van der Waals surface area contributed by atoms with Crippen LogP contribution in [0.25, 0.3) is 0 Å². The van der Waals surface area contributed by atoms with Gasteiger partial charge in [-0.1, -0.05) is 18.2 Å². The van der Waals surface area contributed by atoms with Crippen molar-refractivity contribution in [1.29, 1.82) is 0 Å². The molecular formula is C16H26N2O. The van der Waals surface area contributed by atoms with Crippen LogP contribution in [0.5, 0.6) is 0 Å². The summed E-state index contributed by atoms with van der Waals surface area (Å²) in [7, 11) is 2.05. The molecule has 1 aromatic rings. The lowest BCUT2D eigenvalue weighted by Crippen LogP contribution is -2.30.